The summed E-state index contributed by atoms with van der Waals surface area (Å²) in [4.78, 5) is 24.0. The molecular weight excluding hydrogens is 358 g/mol. The molecule has 2 amide bonds. The quantitative estimate of drug-likeness (QED) is 0.542. The SMILES string of the molecule is COc1ccc(C(=O)NCC(=O)NN=Cc2ccc(C(C)C)cc2)cc1OC. The van der Waals surface area contributed by atoms with Gasteiger partial charge in [-0.15, -0.1) is 0 Å². The molecule has 0 aliphatic heterocycles. The molecule has 7 nitrogen and oxygen atoms in total. The molecule has 0 aromatic heterocycles. The van der Waals surface area contributed by atoms with Crippen LogP contribution >= 0.6 is 0 Å². The zero-order valence-corrected chi connectivity index (χ0v) is 16.5. The molecule has 2 aromatic carbocycles. The zero-order valence-electron chi connectivity index (χ0n) is 16.5. The highest BCUT2D eigenvalue weighted by Crippen LogP contribution is 2.27. The molecule has 7 heteroatoms. The minimum absolute atomic E-state index is 0.198. The van der Waals surface area contributed by atoms with Gasteiger partial charge in [-0.3, -0.25) is 9.59 Å². The molecule has 0 aliphatic carbocycles. The molecule has 0 fully saturated rings. The summed E-state index contributed by atoms with van der Waals surface area (Å²) in [5, 5.41) is 6.44. The summed E-state index contributed by atoms with van der Waals surface area (Å²) in [7, 11) is 3.00. The first-order valence-electron chi connectivity index (χ1n) is 8.86. The number of methoxy groups -OCH3 is 2. The van der Waals surface area contributed by atoms with Crippen molar-refractivity contribution in [3.8, 4) is 11.5 Å². The molecular formula is C21H25N3O4. The van der Waals surface area contributed by atoms with E-state index < -0.39 is 11.8 Å². The van der Waals surface area contributed by atoms with Gasteiger partial charge in [-0.05, 0) is 35.2 Å². The second kappa shape index (κ2) is 10.1. The van der Waals surface area contributed by atoms with Gasteiger partial charge in [0.15, 0.2) is 11.5 Å². The lowest BCUT2D eigenvalue weighted by Crippen LogP contribution is -2.34. The molecule has 0 spiro atoms. The maximum atomic E-state index is 12.2. The van der Waals surface area contributed by atoms with Crippen LogP contribution in [0.15, 0.2) is 47.6 Å². The number of amides is 2. The number of nitrogens with zero attached hydrogens (tertiary/aromatic N) is 1. The Hall–Kier alpha value is -3.35. The van der Waals surface area contributed by atoms with E-state index in [1.165, 1.54) is 19.8 Å². The van der Waals surface area contributed by atoms with Gasteiger partial charge in [0.2, 0.25) is 0 Å². The molecule has 0 heterocycles. The van der Waals surface area contributed by atoms with Gasteiger partial charge in [0.25, 0.3) is 11.8 Å². The molecule has 0 saturated carbocycles. The van der Waals surface area contributed by atoms with Crippen molar-refractivity contribution in [2.75, 3.05) is 20.8 Å². The van der Waals surface area contributed by atoms with Crippen molar-refractivity contribution in [3.63, 3.8) is 0 Å². The summed E-state index contributed by atoms with van der Waals surface area (Å²) in [6.45, 7) is 4.05. The van der Waals surface area contributed by atoms with Crippen LogP contribution in [0.3, 0.4) is 0 Å². The Balaban J connectivity index is 1.84. The third-order valence-corrected chi connectivity index (χ3v) is 4.06. The Morgan fingerprint density at radius 1 is 1.04 bits per heavy atom. The Kier molecular flexibility index (Phi) is 7.56. The van der Waals surface area contributed by atoms with E-state index in [9.17, 15) is 9.59 Å². The first-order chi connectivity index (χ1) is 13.4. The van der Waals surface area contributed by atoms with Crippen LogP contribution in [0, 0.1) is 0 Å². The lowest BCUT2D eigenvalue weighted by atomic mass is 10.0. The molecule has 0 aliphatic rings. The number of carbonyl (C=O) groups is 2. The van der Waals surface area contributed by atoms with Crippen molar-refractivity contribution in [1.82, 2.24) is 10.7 Å². The number of carbonyl (C=O) groups excluding carboxylic acids is 2. The normalized spacial score (nSPS) is 10.8. The monoisotopic (exact) mass is 383 g/mol. The molecule has 0 saturated heterocycles. The van der Waals surface area contributed by atoms with Crippen LogP contribution in [0.2, 0.25) is 0 Å². The maximum Gasteiger partial charge on any atom is 0.259 e. The minimum atomic E-state index is -0.427. The first-order valence-corrected chi connectivity index (χ1v) is 8.86. The van der Waals surface area contributed by atoms with Crippen LogP contribution in [0.5, 0.6) is 11.5 Å². The van der Waals surface area contributed by atoms with E-state index in [1.54, 1.807) is 24.4 Å². The highest BCUT2D eigenvalue weighted by Gasteiger charge is 2.11. The number of hydrogen-bond acceptors (Lipinski definition) is 5. The topological polar surface area (TPSA) is 89.0 Å². The van der Waals surface area contributed by atoms with E-state index in [-0.39, 0.29) is 6.54 Å². The van der Waals surface area contributed by atoms with Crippen molar-refractivity contribution in [2.45, 2.75) is 19.8 Å². The Morgan fingerprint density at radius 2 is 1.71 bits per heavy atom. The highest BCUT2D eigenvalue weighted by molar-refractivity contribution is 5.97. The predicted octanol–water partition coefficient (Wildman–Crippen LogP) is 2.71. The lowest BCUT2D eigenvalue weighted by molar-refractivity contribution is -0.120. The van der Waals surface area contributed by atoms with Gasteiger partial charge in [-0.2, -0.15) is 5.10 Å². The number of hydrogen-bond donors (Lipinski definition) is 2. The van der Waals surface area contributed by atoms with Crippen LogP contribution < -0.4 is 20.2 Å². The van der Waals surface area contributed by atoms with Crippen molar-refractivity contribution in [1.29, 1.82) is 0 Å². The van der Waals surface area contributed by atoms with Crippen molar-refractivity contribution in [3.05, 3.63) is 59.2 Å². The van der Waals surface area contributed by atoms with E-state index in [1.807, 2.05) is 24.3 Å². The second-order valence-corrected chi connectivity index (χ2v) is 6.37. The van der Waals surface area contributed by atoms with Crippen molar-refractivity contribution >= 4 is 18.0 Å². The standard InChI is InChI=1S/C21H25N3O4/c1-14(2)16-7-5-15(6-8-16)12-23-24-20(25)13-22-21(26)17-9-10-18(27-3)19(11-17)28-4/h5-12,14H,13H2,1-4H3,(H,22,26)(H,24,25). The van der Waals surface area contributed by atoms with Crippen LogP contribution in [-0.4, -0.2) is 38.8 Å². The molecule has 0 unspecified atom stereocenters. The van der Waals surface area contributed by atoms with Gasteiger partial charge >= 0.3 is 0 Å². The highest BCUT2D eigenvalue weighted by atomic mass is 16.5. The van der Waals surface area contributed by atoms with Gasteiger partial charge in [0.1, 0.15) is 0 Å². The van der Waals surface area contributed by atoms with Gasteiger partial charge in [-0.1, -0.05) is 38.1 Å². The molecule has 0 atom stereocenters. The van der Waals surface area contributed by atoms with Crippen LogP contribution in [0.4, 0.5) is 0 Å². The summed E-state index contributed by atoms with van der Waals surface area (Å²) in [5.41, 5.74) is 4.86. The molecule has 0 bridgehead atoms. The average Bonchev–Trinajstić information content (AvgIpc) is 2.71. The molecule has 2 rings (SSSR count). The lowest BCUT2D eigenvalue weighted by Gasteiger charge is -2.09. The number of benzene rings is 2. The van der Waals surface area contributed by atoms with E-state index >= 15 is 0 Å². The van der Waals surface area contributed by atoms with Crippen LogP contribution in [0.25, 0.3) is 0 Å². The number of hydrazone groups is 1. The summed E-state index contributed by atoms with van der Waals surface area (Å²) in [6.07, 6.45) is 1.55. The summed E-state index contributed by atoms with van der Waals surface area (Å²) >= 11 is 0. The third kappa shape index (κ3) is 5.84. The number of rotatable bonds is 8. The maximum absolute atomic E-state index is 12.2. The largest absolute Gasteiger partial charge is 0.493 e. The van der Waals surface area contributed by atoms with E-state index in [0.717, 1.165) is 5.56 Å². The molecule has 0 radical (unpaired) electrons. The molecule has 2 aromatic rings. The van der Waals surface area contributed by atoms with E-state index in [0.29, 0.717) is 23.0 Å². The zero-order chi connectivity index (χ0) is 20.5. The fraction of sp³-hybridized carbons (Fsp3) is 0.286. The Labute approximate surface area is 164 Å². The van der Waals surface area contributed by atoms with Crippen molar-refractivity contribution < 1.29 is 19.1 Å². The van der Waals surface area contributed by atoms with Gasteiger partial charge in [0.05, 0.1) is 27.0 Å². The third-order valence-electron chi connectivity index (χ3n) is 4.06. The van der Waals surface area contributed by atoms with Gasteiger partial charge in [-0.25, -0.2) is 5.43 Å². The van der Waals surface area contributed by atoms with E-state index in [4.69, 9.17) is 9.47 Å². The summed E-state index contributed by atoms with van der Waals surface area (Å²) < 4.78 is 10.3. The minimum Gasteiger partial charge on any atom is -0.493 e. The molecule has 148 valence electrons. The van der Waals surface area contributed by atoms with Gasteiger partial charge < -0.3 is 14.8 Å². The fourth-order valence-corrected chi connectivity index (χ4v) is 2.43. The summed E-state index contributed by atoms with van der Waals surface area (Å²) in [5.74, 6) is 0.591. The van der Waals surface area contributed by atoms with Crippen LogP contribution in [0.1, 0.15) is 41.3 Å². The predicted molar refractivity (Wildman–Crippen MR) is 108 cm³/mol. The number of nitrogens with one attached hydrogen (secondary N) is 2. The Morgan fingerprint density at radius 3 is 2.32 bits per heavy atom. The fourth-order valence-electron chi connectivity index (χ4n) is 2.43. The Bertz CT molecular complexity index is 845. The molecule has 2 N–H and O–H groups in total. The average molecular weight is 383 g/mol. The second-order valence-electron chi connectivity index (χ2n) is 6.37. The van der Waals surface area contributed by atoms with E-state index in [2.05, 4.69) is 29.7 Å². The smallest absolute Gasteiger partial charge is 0.259 e. The number of ether oxygens (including phenoxy) is 2. The molecule has 28 heavy (non-hydrogen) atoms. The van der Waals surface area contributed by atoms with Gasteiger partial charge in [0, 0.05) is 5.56 Å². The summed E-state index contributed by atoms with van der Waals surface area (Å²) in [6, 6.07) is 12.7. The van der Waals surface area contributed by atoms with Crippen molar-refractivity contribution in [2.24, 2.45) is 5.10 Å². The van der Waals surface area contributed by atoms with Crippen LogP contribution in [-0.2, 0) is 4.79 Å². The first kappa shape index (κ1) is 21.0.